The standard InChI is InChI=1S/C10H19NO2.C2H6/c1-9(2)11-5-3-10(4-6-11)12-7-8-13-10;1-2/h9H,3-8H2,1-2H3;1-2H3. The summed E-state index contributed by atoms with van der Waals surface area (Å²) in [5.74, 6) is -0.203. The van der Waals surface area contributed by atoms with E-state index >= 15 is 0 Å². The number of likely N-dealkylation sites (tertiary alicyclic amines) is 1. The molecule has 0 aromatic carbocycles. The van der Waals surface area contributed by atoms with Crippen LogP contribution in [0.1, 0.15) is 40.5 Å². The smallest absolute Gasteiger partial charge is 0.170 e. The summed E-state index contributed by atoms with van der Waals surface area (Å²) >= 11 is 0. The largest absolute Gasteiger partial charge is 0.347 e. The summed E-state index contributed by atoms with van der Waals surface area (Å²) < 4.78 is 11.3. The quantitative estimate of drug-likeness (QED) is 0.669. The zero-order chi connectivity index (χ0) is 11.3. The normalized spacial score (nSPS) is 25.4. The summed E-state index contributed by atoms with van der Waals surface area (Å²) in [6.45, 7) is 12.3. The minimum atomic E-state index is -0.203. The summed E-state index contributed by atoms with van der Waals surface area (Å²) in [6.07, 6.45) is 2.07. The van der Waals surface area contributed by atoms with Crippen molar-refractivity contribution in [2.75, 3.05) is 26.3 Å². The first-order chi connectivity index (χ1) is 7.22. The molecule has 0 saturated carbocycles. The van der Waals surface area contributed by atoms with Gasteiger partial charge in [0.2, 0.25) is 0 Å². The number of piperidine rings is 1. The van der Waals surface area contributed by atoms with E-state index in [1.54, 1.807) is 0 Å². The van der Waals surface area contributed by atoms with Crippen LogP contribution in [-0.4, -0.2) is 43.0 Å². The summed E-state index contributed by atoms with van der Waals surface area (Å²) in [7, 11) is 0. The third-order valence-corrected chi connectivity index (χ3v) is 3.10. The molecule has 0 amide bonds. The van der Waals surface area contributed by atoms with Gasteiger partial charge >= 0.3 is 0 Å². The molecule has 1 spiro atoms. The highest BCUT2D eigenvalue weighted by molar-refractivity contribution is 4.83. The van der Waals surface area contributed by atoms with Gasteiger partial charge < -0.3 is 14.4 Å². The van der Waals surface area contributed by atoms with Crippen LogP contribution in [0.5, 0.6) is 0 Å². The van der Waals surface area contributed by atoms with E-state index in [1.807, 2.05) is 13.8 Å². The Bertz CT molecular complexity index is 166. The molecule has 2 aliphatic rings. The maximum absolute atomic E-state index is 5.66. The van der Waals surface area contributed by atoms with Crippen molar-refractivity contribution in [1.29, 1.82) is 0 Å². The van der Waals surface area contributed by atoms with Crippen molar-refractivity contribution in [2.24, 2.45) is 0 Å². The Morgan fingerprint density at radius 2 is 1.47 bits per heavy atom. The first-order valence-corrected chi connectivity index (χ1v) is 6.24. The molecular weight excluding hydrogens is 190 g/mol. The zero-order valence-corrected chi connectivity index (χ0v) is 10.6. The summed E-state index contributed by atoms with van der Waals surface area (Å²) in [6, 6.07) is 0.652. The van der Waals surface area contributed by atoms with Crippen LogP contribution in [0.2, 0.25) is 0 Å². The Hall–Kier alpha value is -0.120. The lowest BCUT2D eigenvalue weighted by Crippen LogP contribution is -2.47. The Morgan fingerprint density at radius 3 is 1.87 bits per heavy atom. The number of hydrogen-bond acceptors (Lipinski definition) is 3. The third-order valence-electron chi connectivity index (χ3n) is 3.10. The predicted octanol–water partition coefficient (Wildman–Crippen LogP) is 2.26. The lowest BCUT2D eigenvalue weighted by Gasteiger charge is -2.39. The highest BCUT2D eigenvalue weighted by Gasteiger charge is 2.39. The zero-order valence-electron chi connectivity index (χ0n) is 10.6. The van der Waals surface area contributed by atoms with Crippen molar-refractivity contribution in [1.82, 2.24) is 4.90 Å². The average molecular weight is 215 g/mol. The minimum Gasteiger partial charge on any atom is -0.347 e. The highest BCUT2D eigenvalue weighted by Crippen LogP contribution is 2.31. The van der Waals surface area contributed by atoms with Crippen LogP contribution in [0.4, 0.5) is 0 Å². The van der Waals surface area contributed by atoms with Crippen LogP contribution in [0.15, 0.2) is 0 Å². The number of ether oxygens (including phenoxy) is 2. The van der Waals surface area contributed by atoms with Crippen molar-refractivity contribution < 1.29 is 9.47 Å². The van der Waals surface area contributed by atoms with E-state index in [2.05, 4.69) is 18.7 Å². The van der Waals surface area contributed by atoms with E-state index in [0.717, 1.165) is 39.1 Å². The van der Waals surface area contributed by atoms with Crippen LogP contribution in [0, 0.1) is 0 Å². The average Bonchev–Trinajstić information content (AvgIpc) is 2.70. The molecule has 2 rings (SSSR count). The minimum absolute atomic E-state index is 0.203. The second-order valence-electron chi connectivity index (χ2n) is 4.24. The van der Waals surface area contributed by atoms with E-state index in [4.69, 9.17) is 9.47 Å². The van der Waals surface area contributed by atoms with Crippen molar-refractivity contribution in [2.45, 2.75) is 52.4 Å². The summed E-state index contributed by atoms with van der Waals surface area (Å²) in [5.41, 5.74) is 0. The maximum atomic E-state index is 5.66. The molecule has 3 nitrogen and oxygen atoms in total. The van der Waals surface area contributed by atoms with Gasteiger partial charge in [0.15, 0.2) is 5.79 Å². The Kier molecular flexibility index (Phi) is 5.03. The second-order valence-corrected chi connectivity index (χ2v) is 4.24. The molecule has 90 valence electrons. The molecule has 2 fully saturated rings. The van der Waals surface area contributed by atoms with Gasteiger partial charge in [0, 0.05) is 32.0 Å². The fourth-order valence-electron chi connectivity index (χ4n) is 2.17. The van der Waals surface area contributed by atoms with Gasteiger partial charge in [-0.05, 0) is 13.8 Å². The van der Waals surface area contributed by atoms with Crippen molar-refractivity contribution >= 4 is 0 Å². The SMILES string of the molecule is CC.CC(C)N1CCC2(CC1)OCCO2. The van der Waals surface area contributed by atoms with Crippen LogP contribution in [0.3, 0.4) is 0 Å². The van der Waals surface area contributed by atoms with Gasteiger partial charge in [-0.25, -0.2) is 0 Å². The maximum Gasteiger partial charge on any atom is 0.170 e. The third kappa shape index (κ3) is 3.16. The van der Waals surface area contributed by atoms with E-state index in [0.29, 0.717) is 6.04 Å². The topological polar surface area (TPSA) is 21.7 Å². The number of hydrogen-bond donors (Lipinski definition) is 0. The first-order valence-electron chi connectivity index (χ1n) is 6.24. The molecule has 0 aromatic heterocycles. The molecule has 2 heterocycles. The predicted molar refractivity (Wildman–Crippen MR) is 61.9 cm³/mol. The molecule has 0 bridgehead atoms. The molecular formula is C12H25NO2. The van der Waals surface area contributed by atoms with Crippen molar-refractivity contribution in [3.05, 3.63) is 0 Å². The molecule has 15 heavy (non-hydrogen) atoms. The van der Waals surface area contributed by atoms with Gasteiger partial charge in [-0.15, -0.1) is 0 Å². The molecule has 0 radical (unpaired) electrons. The molecule has 2 aliphatic heterocycles. The Labute approximate surface area is 93.7 Å². The molecule has 0 N–H and O–H groups in total. The van der Waals surface area contributed by atoms with Gasteiger partial charge in [-0.2, -0.15) is 0 Å². The van der Waals surface area contributed by atoms with Crippen molar-refractivity contribution in [3.8, 4) is 0 Å². The van der Waals surface area contributed by atoms with Gasteiger partial charge in [0.25, 0.3) is 0 Å². The van der Waals surface area contributed by atoms with Crippen LogP contribution in [0.25, 0.3) is 0 Å². The molecule has 0 aromatic rings. The summed E-state index contributed by atoms with van der Waals surface area (Å²) in [4.78, 5) is 2.48. The van der Waals surface area contributed by atoms with Gasteiger partial charge in [-0.1, -0.05) is 13.8 Å². The number of nitrogens with zero attached hydrogens (tertiary/aromatic N) is 1. The Morgan fingerprint density at radius 1 is 1.00 bits per heavy atom. The lowest BCUT2D eigenvalue weighted by atomic mass is 10.0. The molecule has 0 atom stereocenters. The highest BCUT2D eigenvalue weighted by atomic mass is 16.7. The molecule has 0 unspecified atom stereocenters. The van der Waals surface area contributed by atoms with Gasteiger partial charge in [0.1, 0.15) is 0 Å². The van der Waals surface area contributed by atoms with Crippen LogP contribution >= 0.6 is 0 Å². The van der Waals surface area contributed by atoms with E-state index in [-0.39, 0.29) is 5.79 Å². The van der Waals surface area contributed by atoms with Crippen LogP contribution < -0.4 is 0 Å². The first kappa shape index (κ1) is 12.9. The van der Waals surface area contributed by atoms with Crippen molar-refractivity contribution in [3.63, 3.8) is 0 Å². The number of rotatable bonds is 1. The van der Waals surface area contributed by atoms with Crippen LogP contribution in [-0.2, 0) is 9.47 Å². The fraction of sp³-hybridized carbons (Fsp3) is 1.00. The van der Waals surface area contributed by atoms with Gasteiger partial charge in [-0.3, -0.25) is 0 Å². The fourth-order valence-corrected chi connectivity index (χ4v) is 2.17. The Balaban J connectivity index is 0.000000531. The summed E-state index contributed by atoms with van der Waals surface area (Å²) in [5, 5.41) is 0. The monoisotopic (exact) mass is 215 g/mol. The second kappa shape index (κ2) is 5.83. The molecule has 0 aliphatic carbocycles. The van der Waals surface area contributed by atoms with E-state index < -0.39 is 0 Å². The van der Waals surface area contributed by atoms with Gasteiger partial charge in [0.05, 0.1) is 13.2 Å². The van der Waals surface area contributed by atoms with E-state index in [1.165, 1.54) is 0 Å². The lowest BCUT2D eigenvalue weighted by molar-refractivity contribution is -0.187. The molecule has 2 saturated heterocycles. The van der Waals surface area contributed by atoms with E-state index in [9.17, 15) is 0 Å². The molecule has 3 heteroatoms.